The Bertz CT molecular complexity index is 936. The number of nitrogens with one attached hydrogen (secondary N) is 2. The number of carbonyl (C=O) groups is 2. The Kier molecular flexibility index (Phi) is 5.61. The van der Waals surface area contributed by atoms with Crippen molar-refractivity contribution in [1.29, 1.82) is 0 Å². The highest BCUT2D eigenvalue weighted by molar-refractivity contribution is 5.90. The minimum atomic E-state index is -1.14. The van der Waals surface area contributed by atoms with Crippen LogP contribution in [0.1, 0.15) is 11.1 Å². The van der Waals surface area contributed by atoms with Crippen molar-refractivity contribution in [2.24, 2.45) is 0 Å². The highest BCUT2D eigenvalue weighted by atomic mass is 16.5. The van der Waals surface area contributed by atoms with Crippen molar-refractivity contribution in [2.75, 3.05) is 7.11 Å². The molecule has 0 spiro atoms. The summed E-state index contributed by atoms with van der Waals surface area (Å²) in [4.78, 5) is 26.7. The molecule has 1 atom stereocenters. The van der Waals surface area contributed by atoms with E-state index in [-0.39, 0.29) is 13.0 Å². The molecule has 0 radical (unpaired) electrons. The topological polar surface area (TPSA) is 101 Å². The molecule has 27 heavy (non-hydrogen) atoms. The van der Waals surface area contributed by atoms with Crippen molar-refractivity contribution in [1.82, 2.24) is 10.3 Å². The average Bonchev–Trinajstić information content (AvgIpc) is 3.09. The largest absolute Gasteiger partial charge is 0.496 e. The Hall–Kier alpha value is -3.48. The van der Waals surface area contributed by atoms with Crippen molar-refractivity contribution >= 4 is 23.0 Å². The van der Waals surface area contributed by atoms with Crippen molar-refractivity contribution in [3.63, 3.8) is 0 Å². The number of hydrogen-bond acceptors (Lipinski definition) is 4. The van der Waals surface area contributed by atoms with Crippen LogP contribution in [0.15, 0.2) is 54.7 Å². The molecule has 1 amide bonds. The monoisotopic (exact) mass is 368 g/mol. The van der Waals surface area contributed by atoms with E-state index >= 15 is 0 Å². The number of aromatic nitrogens is 1. The highest BCUT2D eigenvalue weighted by Crippen LogP contribution is 2.29. The number of ether oxygens (including phenoxy) is 2. The van der Waals surface area contributed by atoms with Gasteiger partial charge in [-0.2, -0.15) is 0 Å². The quantitative estimate of drug-likeness (QED) is 0.595. The molecule has 0 aliphatic heterocycles. The van der Waals surface area contributed by atoms with Crippen molar-refractivity contribution in [3.05, 3.63) is 65.9 Å². The fraction of sp³-hybridized carbons (Fsp3) is 0.200. The Morgan fingerprint density at radius 3 is 2.63 bits per heavy atom. The van der Waals surface area contributed by atoms with Gasteiger partial charge in [-0.15, -0.1) is 0 Å². The van der Waals surface area contributed by atoms with Gasteiger partial charge in [0.2, 0.25) is 0 Å². The molecule has 7 heteroatoms. The molecule has 0 saturated heterocycles. The molecule has 3 rings (SSSR count). The van der Waals surface area contributed by atoms with Crippen LogP contribution >= 0.6 is 0 Å². The third kappa shape index (κ3) is 4.38. The van der Waals surface area contributed by atoms with Gasteiger partial charge >= 0.3 is 12.1 Å². The Morgan fingerprint density at radius 1 is 1.15 bits per heavy atom. The number of aromatic amines is 1. The van der Waals surface area contributed by atoms with Gasteiger partial charge in [-0.05, 0) is 23.3 Å². The maximum absolute atomic E-state index is 12.0. The smallest absolute Gasteiger partial charge is 0.408 e. The average molecular weight is 368 g/mol. The van der Waals surface area contributed by atoms with Gasteiger partial charge < -0.3 is 24.9 Å². The normalized spacial score (nSPS) is 11.7. The summed E-state index contributed by atoms with van der Waals surface area (Å²) in [5.41, 5.74) is 2.39. The van der Waals surface area contributed by atoms with Crippen LogP contribution < -0.4 is 10.1 Å². The van der Waals surface area contributed by atoms with Gasteiger partial charge in [0.1, 0.15) is 18.4 Å². The van der Waals surface area contributed by atoms with E-state index in [1.807, 2.05) is 42.5 Å². The summed E-state index contributed by atoms with van der Waals surface area (Å²) in [5.74, 6) is -0.504. The first kappa shape index (κ1) is 18.3. The van der Waals surface area contributed by atoms with Gasteiger partial charge in [0.15, 0.2) is 0 Å². The second-order valence-electron chi connectivity index (χ2n) is 6.00. The van der Waals surface area contributed by atoms with E-state index in [9.17, 15) is 14.7 Å². The van der Waals surface area contributed by atoms with Crippen LogP contribution in [0.5, 0.6) is 5.75 Å². The van der Waals surface area contributed by atoms with Crippen molar-refractivity contribution < 1.29 is 24.2 Å². The number of alkyl carbamates (subject to hydrolysis) is 1. The van der Waals surface area contributed by atoms with Crippen LogP contribution in [0.4, 0.5) is 4.79 Å². The van der Waals surface area contributed by atoms with Gasteiger partial charge in [0.25, 0.3) is 0 Å². The SMILES string of the molecule is COc1cccc2[nH]cc(CC(NC(=O)OCc3ccccc3)C(=O)O)c12. The summed E-state index contributed by atoms with van der Waals surface area (Å²) < 4.78 is 10.5. The minimum Gasteiger partial charge on any atom is -0.496 e. The fourth-order valence-corrected chi connectivity index (χ4v) is 2.88. The van der Waals surface area contributed by atoms with Gasteiger partial charge in [-0.3, -0.25) is 0 Å². The highest BCUT2D eigenvalue weighted by Gasteiger charge is 2.23. The standard InChI is InChI=1S/C20H20N2O5/c1-26-17-9-5-8-15-18(17)14(11-21-15)10-16(19(23)24)22-20(25)27-12-13-6-3-2-4-7-13/h2-9,11,16,21H,10,12H2,1H3,(H,22,25)(H,23,24). The van der Waals surface area contributed by atoms with Gasteiger partial charge in [-0.25, -0.2) is 9.59 Å². The number of carboxylic acids is 1. The lowest BCUT2D eigenvalue weighted by Gasteiger charge is -2.15. The summed E-state index contributed by atoms with van der Waals surface area (Å²) in [6.45, 7) is 0.0694. The van der Waals surface area contributed by atoms with E-state index in [4.69, 9.17) is 9.47 Å². The van der Waals surface area contributed by atoms with Crippen LogP contribution in [0.3, 0.4) is 0 Å². The van der Waals surface area contributed by atoms with E-state index in [1.54, 1.807) is 19.4 Å². The molecule has 0 aliphatic rings. The minimum absolute atomic E-state index is 0.0694. The number of methoxy groups -OCH3 is 1. The molecule has 140 valence electrons. The number of H-pyrrole nitrogens is 1. The number of hydrogen-bond donors (Lipinski definition) is 3. The second-order valence-corrected chi connectivity index (χ2v) is 6.00. The van der Waals surface area contributed by atoms with E-state index in [0.717, 1.165) is 22.0 Å². The summed E-state index contributed by atoms with van der Waals surface area (Å²) >= 11 is 0. The summed E-state index contributed by atoms with van der Waals surface area (Å²) in [7, 11) is 1.55. The first-order valence-corrected chi connectivity index (χ1v) is 8.41. The molecule has 1 unspecified atom stereocenters. The summed E-state index contributed by atoms with van der Waals surface area (Å²) in [5, 5.41) is 12.7. The number of aliphatic carboxylic acids is 1. The molecule has 1 heterocycles. The second kappa shape index (κ2) is 8.27. The van der Waals surface area contributed by atoms with Gasteiger partial charge in [0.05, 0.1) is 7.11 Å². The van der Waals surface area contributed by atoms with E-state index in [0.29, 0.717) is 5.75 Å². The molecule has 7 nitrogen and oxygen atoms in total. The molecule has 0 aliphatic carbocycles. The van der Waals surface area contributed by atoms with E-state index in [1.165, 1.54) is 0 Å². The number of carboxylic acid groups (broad SMARTS) is 1. The summed E-state index contributed by atoms with van der Waals surface area (Å²) in [6, 6.07) is 13.6. The predicted octanol–water partition coefficient (Wildman–Crippen LogP) is 3.10. The first-order valence-electron chi connectivity index (χ1n) is 8.41. The zero-order valence-electron chi connectivity index (χ0n) is 14.8. The molecule has 0 bridgehead atoms. The molecular formula is C20H20N2O5. The number of carbonyl (C=O) groups excluding carboxylic acids is 1. The third-order valence-corrected chi connectivity index (χ3v) is 4.20. The van der Waals surface area contributed by atoms with Crippen LogP contribution in [-0.4, -0.2) is 35.3 Å². The zero-order valence-corrected chi connectivity index (χ0v) is 14.8. The van der Waals surface area contributed by atoms with Crippen molar-refractivity contribution in [2.45, 2.75) is 19.1 Å². The zero-order chi connectivity index (χ0) is 19.2. The lowest BCUT2D eigenvalue weighted by atomic mass is 10.0. The molecule has 0 fully saturated rings. The maximum atomic E-state index is 12.0. The molecular weight excluding hydrogens is 348 g/mol. The molecule has 0 saturated carbocycles. The molecule has 3 aromatic rings. The molecule has 1 aromatic heterocycles. The van der Waals surface area contributed by atoms with E-state index < -0.39 is 18.1 Å². The van der Waals surface area contributed by atoms with E-state index in [2.05, 4.69) is 10.3 Å². The molecule has 2 aromatic carbocycles. The number of fused-ring (bicyclic) bond motifs is 1. The van der Waals surface area contributed by atoms with Crippen LogP contribution in [-0.2, 0) is 22.6 Å². The van der Waals surface area contributed by atoms with Crippen LogP contribution in [0, 0.1) is 0 Å². The number of rotatable bonds is 7. The Labute approximate surface area is 155 Å². The number of amides is 1. The van der Waals surface area contributed by atoms with Gasteiger partial charge in [0, 0.05) is 23.5 Å². The third-order valence-electron chi connectivity index (χ3n) is 4.20. The Morgan fingerprint density at radius 2 is 1.93 bits per heavy atom. The summed E-state index contributed by atoms with van der Waals surface area (Å²) in [6.07, 6.45) is 1.04. The van der Waals surface area contributed by atoms with Crippen molar-refractivity contribution in [3.8, 4) is 5.75 Å². The fourth-order valence-electron chi connectivity index (χ4n) is 2.88. The lowest BCUT2D eigenvalue weighted by Crippen LogP contribution is -2.42. The lowest BCUT2D eigenvalue weighted by molar-refractivity contribution is -0.139. The van der Waals surface area contributed by atoms with Crippen LogP contribution in [0.2, 0.25) is 0 Å². The van der Waals surface area contributed by atoms with Gasteiger partial charge in [-0.1, -0.05) is 36.4 Å². The maximum Gasteiger partial charge on any atom is 0.408 e. The predicted molar refractivity (Wildman–Crippen MR) is 99.7 cm³/mol. The van der Waals surface area contributed by atoms with Crippen LogP contribution in [0.25, 0.3) is 10.9 Å². The number of benzene rings is 2. The first-order chi connectivity index (χ1) is 13.1. The molecule has 3 N–H and O–H groups in total. The Balaban J connectivity index is 1.69.